The lowest BCUT2D eigenvalue weighted by Gasteiger charge is -2.08. The largest absolute Gasteiger partial charge is 0.494 e. The van der Waals surface area contributed by atoms with Gasteiger partial charge in [-0.3, -0.25) is 0 Å². The molecule has 0 radical (unpaired) electrons. The quantitative estimate of drug-likeness (QED) is 0.919. The number of halogens is 1. The molecule has 0 fully saturated rings. The van der Waals surface area contributed by atoms with Gasteiger partial charge in [0.15, 0.2) is 23.1 Å². The molecule has 0 unspecified atom stereocenters. The van der Waals surface area contributed by atoms with Crippen LogP contribution in [0.2, 0.25) is 0 Å². The zero-order valence-electron chi connectivity index (χ0n) is 11.7. The number of hydrogen-bond acceptors (Lipinski definition) is 4. The zero-order chi connectivity index (χ0) is 14.7. The maximum absolute atomic E-state index is 13.6. The number of methoxy groups -OCH3 is 1. The van der Waals surface area contributed by atoms with Gasteiger partial charge in [-0.05, 0) is 35.4 Å². The van der Waals surface area contributed by atoms with Crippen LogP contribution in [0.3, 0.4) is 0 Å². The Bertz CT molecular complexity index is 645. The third-order valence-corrected chi connectivity index (χ3v) is 3.31. The third kappa shape index (κ3) is 3.08. The highest BCUT2D eigenvalue weighted by molar-refractivity contribution is 5.44. The lowest BCUT2D eigenvalue weighted by atomic mass is 10.1. The highest BCUT2D eigenvalue weighted by atomic mass is 19.1. The van der Waals surface area contributed by atoms with Crippen molar-refractivity contribution >= 4 is 0 Å². The summed E-state index contributed by atoms with van der Waals surface area (Å²) in [6.45, 7) is 1.52. The summed E-state index contributed by atoms with van der Waals surface area (Å²) in [6, 6.07) is 10.8. The molecule has 3 rings (SSSR count). The van der Waals surface area contributed by atoms with Crippen LogP contribution in [0.25, 0.3) is 0 Å². The lowest BCUT2D eigenvalue weighted by Crippen LogP contribution is -2.12. The Morgan fingerprint density at radius 2 is 1.76 bits per heavy atom. The van der Waals surface area contributed by atoms with E-state index >= 15 is 0 Å². The second kappa shape index (κ2) is 6.01. The van der Waals surface area contributed by atoms with Crippen molar-refractivity contribution in [1.82, 2.24) is 5.32 Å². The lowest BCUT2D eigenvalue weighted by molar-refractivity contribution is 0.174. The Morgan fingerprint density at radius 3 is 2.52 bits per heavy atom. The molecule has 2 aromatic carbocycles. The van der Waals surface area contributed by atoms with Gasteiger partial charge in [-0.25, -0.2) is 4.39 Å². The highest BCUT2D eigenvalue weighted by Crippen LogP contribution is 2.32. The number of benzene rings is 2. The molecule has 1 N–H and O–H groups in total. The summed E-state index contributed by atoms with van der Waals surface area (Å²) in [6.07, 6.45) is 0. The fourth-order valence-electron chi connectivity index (χ4n) is 2.22. The van der Waals surface area contributed by atoms with Crippen molar-refractivity contribution in [1.29, 1.82) is 0 Å². The van der Waals surface area contributed by atoms with Crippen LogP contribution in [-0.4, -0.2) is 13.9 Å². The van der Waals surface area contributed by atoms with Gasteiger partial charge in [0.2, 0.25) is 6.79 Å². The van der Waals surface area contributed by atoms with E-state index in [1.807, 2.05) is 24.3 Å². The first-order valence-corrected chi connectivity index (χ1v) is 6.68. The molecule has 0 amide bonds. The second-order valence-corrected chi connectivity index (χ2v) is 4.76. The Morgan fingerprint density at radius 1 is 1.05 bits per heavy atom. The van der Waals surface area contributed by atoms with Gasteiger partial charge in [-0.1, -0.05) is 12.1 Å². The maximum Gasteiger partial charge on any atom is 0.231 e. The Kier molecular flexibility index (Phi) is 3.92. The summed E-state index contributed by atoms with van der Waals surface area (Å²) in [4.78, 5) is 0. The first kappa shape index (κ1) is 13.7. The van der Waals surface area contributed by atoms with Crippen LogP contribution in [-0.2, 0) is 13.1 Å². The molecule has 0 spiro atoms. The molecule has 0 saturated carbocycles. The molecule has 0 saturated heterocycles. The molecule has 1 aliphatic heterocycles. The van der Waals surface area contributed by atoms with E-state index in [4.69, 9.17) is 14.2 Å². The number of rotatable bonds is 5. The van der Waals surface area contributed by atoms with Crippen LogP contribution in [0.5, 0.6) is 17.2 Å². The van der Waals surface area contributed by atoms with E-state index in [1.54, 1.807) is 6.07 Å². The van der Waals surface area contributed by atoms with Gasteiger partial charge in [-0.15, -0.1) is 0 Å². The molecule has 1 heterocycles. The molecule has 4 nitrogen and oxygen atoms in total. The average Bonchev–Trinajstić information content (AvgIpc) is 2.95. The van der Waals surface area contributed by atoms with Crippen LogP contribution in [0.15, 0.2) is 36.4 Å². The van der Waals surface area contributed by atoms with E-state index in [0.29, 0.717) is 13.1 Å². The van der Waals surface area contributed by atoms with Crippen LogP contribution in [0, 0.1) is 5.82 Å². The Labute approximate surface area is 122 Å². The Balaban J connectivity index is 1.57. The molecule has 0 atom stereocenters. The first-order chi connectivity index (χ1) is 10.3. The van der Waals surface area contributed by atoms with Crippen molar-refractivity contribution in [2.75, 3.05) is 13.9 Å². The molecule has 0 bridgehead atoms. The standard InChI is InChI=1S/C16H16FNO3/c1-19-14-4-2-11(6-13(14)17)8-18-9-12-3-5-15-16(7-12)21-10-20-15/h2-7,18H,8-10H2,1H3. The van der Waals surface area contributed by atoms with E-state index in [2.05, 4.69) is 5.32 Å². The van der Waals surface area contributed by atoms with E-state index < -0.39 is 0 Å². The summed E-state index contributed by atoms with van der Waals surface area (Å²) >= 11 is 0. The maximum atomic E-state index is 13.6. The molecule has 110 valence electrons. The van der Waals surface area contributed by atoms with Crippen molar-refractivity contribution in [2.24, 2.45) is 0 Å². The topological polar surface area (TPSA) is 39.7 Å². The van der Waals surface area contributed by atoms with Crippen molar-refractivity contribution in [3.8, 4) is 17.2 Å². The van der Waals surface area contributed by atoms with Gasteiger partial charge in [0, 0.05) is 13.1 Å². The predicted molar refractivity (Wildman–Crippen MR) is 76.1 cm³/mol. The first-order valence-electron chi connectivity index (χ1n) is 6.68. The number of hydrogen-bond donors (Lipinski definition) is 1. The summed E-state index contributed by atoms with van der Waals surface area (Å²) in [7, 11) is 1.45. The van der Waals surface area contributed by atoms with Gasteiger partial charge >= 0.3 is 0 Å². The minimum atomic E-state index is -0.347. The van der Waals surface area contributed by atoms with Gasteiger partial charge in [-0.2, -0.15) is 0 Å². The minimum Gasteiger partial charge on any atom is -0.494 e. The number of nitrogens with one attached hydrogen (secondary N) is 1. The molecule has 5 heteroatoms. The number of ether oxygens (including phenoxy) is 3. The average molecular weight is 289 g/mol. The fourth-order valence-corrected chi connectivity index (χ4v) is 2.22. The molecule has 0 aromatic heterocycles. The minimum absolute atomic E-state index is 0.259. The van der Waals surface area contributed by atoms with E-state index in [9.17, 15) is 4.39 Å². The van der Waals surface area contributed by atoms with Crippen molar-refractivity contribution < 1.29 is 18.6 Å². The molecule has 0 aliphatic carbocycles. The summed E-state index contributed by atoms with van der Waals surface area (Å²) in [5.74, 6) is 1.45. The van der Waals surface area contributed by atoms with Crippen molar-refractivity contribution in [2.45, 2.75) is 13.1 Å². The van der Waals surface area contributed by atoms with E-state index in [0.717, 1.165) is 22.6 Å². The van der Waals surface area contributed by atoms with E-state index in [1.165, 1.54) is 13.2 Å². The second-order valence-electron chi connectivity index (χ2n) is 4.76. The highest BCUT2D eigenvalue weighted by Gasteiger charge is 2.12. The Hall–Kier alpha value is -2.27. The van der Waals surface area contributed by atoms with Gasteiger partial charge in [0.25, 0.3) is 0 Å². The zero-order valence-corrected chi connectivity index (χ0v) is 11.7. The van der Waals surface area contributed by atoms with Crippen LogP contribution >= 0.6 is 0 Å². The van der Waals surface area contributed by atoms with Crippen LogP contribution in [0.4, 0.5) is 4.39 Å². The molecule has 2 aromatic rings. The SMILES string of the molecule is COc1ccc(CNCc2ccc3c(c2)OCO3)cc1F. The molecular weight excluding hydrogens is 273 g/mol. The number of fused-ring (bicyclic) bond motifs is 1. The predicted octanol–water partition coefficient (Wildman–Crippen LogP) is 2.85. The van der Waals surface area contributed by atoms with E-state index in [-0.39, 0.29) is 18.4 Å². The van der Waals surface area contributed by atoms with Gasteiger partial charge < -0.3 is 19.5 Å². The fraction of sp³-hybridized carbons (Fsp3) is 0.250. The van der Waals surface area contributed by atoms with Crippen molar-refractivity contribution in [3.05, 3.63) is 53.3 Å². The monoisotopic (exact) mass is 289 g/mol. The summed E-state index contributed by atoms with van der Waals surface area (Å²) in [5.41, 5.74) is 1.96. The summed E-state index contributed by atoms with van der Waals surface area (Å²) < 4.78 is 29.1. The summed E-state index contributed by atoms with van der Waals surface area (Å²) in [5, 5.41) is 3.27. The molecule has 21 heavy (non-hydrogen) atoms. The smallest absolute Gasteiger partial charge is 0.231 e. The molecular formula is C16H16FNO3. The normalized spacial score (nSPS) is 12.5. The van der Waals surface area contributed by atoms with Crippen LogP contribution in [0.1, 0.15) is 11.1 Å². The van der Waals surface area contributed by atoms with Gasteiger partial charge in [0.1, 0.15) is 0 Å². The molecule has 1 aliphatic rings. The van der Waals surface area contributed by atoms with Crippen LogP contribution < -0.4 is 19.5 Å². The van der Waals surface area contributed by atoms with Crippen molar-refractivity contribution in [3.63, 3.8) is 0 Å². The van der Waals surface area contributed by atoms with Gasteiger partial charge in [0.05, 0.1) is 7.11 Å². The third-order valence-electron chi connectivity index (χ3n) is 3.31.